The predicted octanol–water partition coefficient (Wildman–Crippen LogP) is 2.60. The Hall–Kier alpha value is -2.09. The number of carbonyl (C=O) groups is 1. The van der Waals surface area contributed by atoms with E-state index in [1.807, 2.05) is 36.1 Å². The second-order valence-electron chi connectivity index (χ2n) is 4.92. The molecule has 1 aliphatic rings. The van der Waals surface area contributed by atoms with Crippen LogP contribution in [0.1, 0.15) is 25.7 Å². The topological polar surface area (TPSA) is 40.5 Å². The van der Waals surface area contributed by atoms with Crippen LogP contribution in [0, 0.1) is 18.8 Å². The molecule has 0 radical (unpaired) electrons. The molecular weight excluding hydrogens is 282 g/mol. The smallest absolute Gasteiger partial charge is 0.268 e. The lowest BCUT2D eigenvalue weighted by Crippen LogP contribution is -2.28. The van der Waals surface area contributed by atoms with E-state index in [0.29, 0.717) is 4.88 Å². The third-order valence-electron chi connectivity index (χ3n) is 3.54. The van der Waals surface area contributed by atoms with Crippen molar-refractivity contribution in [3.05, 3.63) is 51.2 Å². The highest BCUT2D eigenvalue weighted by Gasteiger charge is 2.26. The van der Waals surface area contributed by atoms with Gasteiger partial charge in [0, 0.05) is 12.2 Å². The first-order valence-corrected chi connectivity index (χ1v) is 7.62. The second-order valence-corrected chi connectivity index (χ2v) is 5.97. The van der Waals surface area contributed by atoms with Crippen LogP contribution in [0.5, 0.6) is 0 Å². The molecule has 1 aromatic heterocycles. The molecule has 0 spiro atoms. The number of hydrogen-bond donors (Lipinski definition) is 1. The van der Waals surface area contributed by atoms with Gasteiger partial charge in [-0.15, -0.1) is 11.3 Å². The van der Waals surface area contributed by atoms with Crippen LogP contribution in [0.2, 0.25) is 0 Å². The van der Waals surface area contributed by atoms with Crippen LogP contribution < -0.4 is 4.90 Å². The molecule has 2 aromatic rings. The highest BCUT2D eigenvalue weighted by Crippen LogP contribution is 2.31. The summed E-state index contributed by atoms with van der Waals surface area (Å²) in [6.45, 7) is 2.50. The van der Waals surface area contributed by atoms with Gasteiger partial charge in [0.15, 0.2) is 0 Å². The van der Waals surface area contributed by atoms with Crippen molar-refractivity contribution >= 4 is 22.9 Å². The first-order valence-electron chi connectivity index (χ1n) is 6.80. The summed E-state index contributed by atoms with van der Waals surface area (Å²) in [5, 5.41) is 8.77. The van der Waals surface area contributed by atoms with Crippen molar-refractivity contribution in [1.82, 2.24) is 0 Å². The Balaban J connectivity index is 1.90. The van der Waals surface area contributed by atoms with E-state index >= 15 is 0 Å². The minimum atomic E-state index is -0.167. The van der Waals surface area contributed by atoms with Gasteiger partial charge in [-0.25, -0.2) is 0 Å². The molecule has 3 nitrogen and oxygen atoms in total. The molecule has 4 heteroatoms. The maximum atomic E-state index is 12.7. The maximum absolute atomic E-state index is 12.7. The number of rotatable bonds is 1. The van der Waals surface area contributed by atoms with Gasteiger partial charge in [0.05, 0.1) is 9.75 Å². The molecule has 1 aromatic carbocycles. The van der Waals surface area contributed by atoms with Crippen LogP contribution in [0.15, 0.2) is 30.3 Å². The fraction of sp³-hybridized carbons (Fsp3) is 0.235. The lowest BCUT2D eigenvalue weighted by Gasteiger charge is -2.16. The Morgan fingerprint density at radius 3 is 3.05 bits per heavy atom. The van der Waals surface area contributed by atoms with E-state index in [9.17, 15) is 4.79 Å². The molecule has 2 heterocycles. The monoisotopic (exact) mass is 297 g/mol. The van der Waals surface area contributed by atoms with E-state index in [2.05, 4.69) is 17.9 Å². The van der Waals surface area contributed by atoms with Crippen molar-refractivity contribution in [3.8, 4) is 11.8 Å². The molecule has 0 fully saturated rings. The van der Waals surface area contributed by atoms with Crippen LogP contribution in [-0.2, 0) is 6.42 Å². The number of carbonyl (C=O) groups excluding carboxylic acids is 1. The molecule has 21 heavy (non-hydrogen) atoms. The molecule has 1 amide bonds. The van der Waals surface area contributed by atoms with Crippen LogP contribution in [0.4, 0.5) is 5.69 Å². The fourth-order valence-corrected chi connectivity index (χ4v) is 3.51. The number of aryl methyl sites for hydroxylation is 1. The zero-order chi connectivity index (χ0) is 14.8. The van der Waals surface area contributed by atoms with Crippen molar-refractivity contribution in [3.63, 3.8) is 0 Å². The Labute approximate surface area is 127 Å². The predicted molar refractivity (Wildman–Crippen MR) is 84.8 cm³/mol. The van der Waals surface area contributed by atoms with Gasteiger partial charge in [0.2, 0.25) is 0 Å². The van der Waals surface area contributed by atoms with Gasteiger partial charge >= 0.3 is 0 Å². The van der Waals surface area contributed by atoms with E-state index in [-0.39, 0.29) is 12.5 Å². The van der Waals surface area contributed by atoms with E-state index < -0.39 is 0 Å². The summed E-state index contributed by atoms with van der Waals surface area (Å²) in [6.07, 6.45) is 0.906. The van der Waals surface area contributed by atoms with Crippen molar-refractivity contribution in [1.29, 1.82) is 0 Å². The number of anilines is 1. The van der Waals surface area contributed by atoms with Gasteiger partial charge in [-0.1, -0.05) is 30.0 Å². The average Bonchev–Trinajstić information content (AvgIpc) is 3.08. The number of fused-ring (bicyclic) bond motifs is 1. The van der Waals surface area contributed by atoms with Crippen molar-refractivity contribution in [2.24, 2.45) is 0 Å². The van der Waals surface area contributed by atoms with Crippen LogP contribution in [-0.4, -0.2) is 24.2 Å². The number of thiophene rings is 1. The van der Waals surface area contributed by atoms with Gasteiger partial charge in [-0.05, 0) is 36.6 Å². The van der Waals surface area contributed by atoms with Crippen molar-refractivity contribution in [2.45, 2.75) is 13.3 Å². The lowest BCUT2D eigenvalue weighted by molar-refractivity contribution is 0.0993. The molecule has 1 aliphatic heterocycles. The number of amides is 1. The maximum Gasteiger partial charge on any atom is 0.268 e. The van der Waals surface area contributed by atoms with Gasteiger partial charge in [-0.3, -0.25) is 4.79 Å². The Morgan fingerprint density at radius 2 is 2.24 bits per heavy atom. The standard InChI is InChI=1S/C17H15NO2S/c1-12-11-16(21-15(12)7-4-10-19)17(20)18-9-8-13-5-2-3-6-14(13)18/h2-3,5-6,11,19H,8-10H2,1H3. The molecule has 0 saturated heterocycles. The summed E-state index contributed by atoms with van der Waals surface area (Å²) in [5.74, 6) is 5.56. The third kappa shape index (κ3) is 2.58. The Kier molecular flexibility index (Phi) is 3.78. The van der Waals surface area contributed by atoms with E-state index in [1.54, 1.807) is 0 Å². The molecule has 0 aliphatic carbocycles. The zero-order valence-corrected chi connectivity index (χ0v) is 12.5. The molecule has 0 saturated carbocycles. The summed E-state index contributed by atoms with van der Waals surface area (Å²) in [4.78, 5) is 16.1. The number of nitrogens with zero attached hydrogens (tertiary/aromatic N) is 1. The molecule has 3 rings (SSSR count). The number of hydrogen-bond acceptors (Lipinski definition) is 3. The van der Waals surface area contributed by atoms with Gasteiger partial charge in [0.25, 0.3) is 5.91 Å². The van der Waals surface area contributed by atoms with E-state index in [1.165, 1.54) is 16.9 Å². The SMILES string of the molecule is Cc1cc(C(=O)N2CCc3ccccc32)sc1C#CCO. The van der Waals surface area contributed by atoms with Crippen molar-refractivity contribution in [2.75, 3.05) is 18.1 Å². The summed E-state index contributed by atoms with van der Waals surface area (Å²) < 4.78 is 0. The summed E-state index contributed by atoms with van der Waals surface area (Å²) in [7, 11) is 0. The average molecular weight is 297 g/mol. The first-order chi connectivity index (χ1) is 10.2. The Morgan fingerprint density at radius 1 is 1.43 bits per heavy atom. The number of aliphatic hydroxyl groups is 1. The van der Waals surface area contributed by atoms with Crippen molar-refractivity contribution < 1.29 is 9.90 Å². The van der Waals surface area contributed by atoms with Gasteiger partial charge < -0.3 is 10.0 Å². The number of para-hydroxylation sites is 1. The minimum absolute atomic E-state index is 0.0325. The molecular formula is C17H15NO2S. The highest BCUT2D eigenvalue weighted by molar-refractivity contribution is 7.14. The van der Waals surface area contributed by atoms with Gasteiger partial charge in [-0.2, -0.15) is 0 Å². The quantitative estimate of drug-likeness (QED) is 0.822. The summed E-state index contributed by atoms with van der Waals surface area (Å²) >= 11 is 1.39. The largest absolute Gasteiger partial charge is 0.384 e. The Bertz CT molecular complexity index is 752. The molecule has 0 bridgehead atoms. The molecule has 106 valence electrons. The summed E-state index contributed by atoms with van der Waals surface area (Å²) in [6, 6.07) is 9.91. The molecule has 0 atom stereocenters. The van der Waals surface area contributed by atoms with Crippen LogP contribution >= 0.6 is 11.3 Å². The third-order valence-corrected chi connectivity index (χ3v) is 4.68. The van der Waals surface area contributed by atoms with Gasteiger partial charge in [0.1, 0.15) is 6.61 Å². The molecule has 0 unspecified atom stereocenters. The fourth-order valence-electron chi connectivity index (χ4n) is 2.51. The normalized spacial score (nSPS) is 12.8. The number of aliphatic hydroxyl groups excluding tert-OH is 1. The molecule has 1 N–H and O–H groups in total. The van der Waals surface area contributed by atoms with Crippen LogP contribution in [0.25, 0.3) is 0 Å². The van der Waals surface area contributed by atoms with E-state index in [0.717, 1.165) is 29.1 Å². The second kappa shape index (κ2) is 5.72. The zero-order valence-electron chi connectivity index (χ0n) is 11.7. The summed E-state index contributed by atoms with van der Waals surface area (Å²) in [5.41, 5.74) is 3.22. The first kappa shape index (κ1) is 13.9. The minimum Gasteiger partial charge on any atom is -0.384 e. The highest BCUT2D eigenvalue weighted by atomic mass is 32.1. The van der Waals surface area contributed by atoms with Crippen LogP contribution in [0.3, 0.4) is 0 Å². The van der Waals surface area contributed by atoms with E-state index in [4.69, 9.17) is 5.11 Å². The number of benzene rings is 1. The lowest BCUT2D eigenvalue weighted by atomic mass is 10.2.